The Morgan fingerprint density at radius 1 is 1.29 bits per heavy atom. The number of aryl methyl sites for hydroxylation is 1. The van der Waals surface area contributed by atoms with Crippen LogP contribution in [0.15, 0.2) is 24.3 Å². The molecule has 1 aromatic carbocycles. The van der Waals surface area contributed by atoms with Crippen LogP contribution in [-0.4, -0.2) is 20.2 Å². The summed E-state index contributed by atoms with van der Waals surface area (Å²) in [7, 11) is 1.72. The number of benzene rings is 1. The summed E-state index contributed by atoms with van der Waals surface area (Å²) in [5.74, 6) is 2.55. The molecule has 0 bridgehead atoms. The Morgan fingerprint density at radius 2 is 2.00 bits per heavy atom. The second kappa shape index (κ2) is 7.31. The van der Waals surface area contributed by atoms with Gasteiger partial charge in [0.25, 0.3) is 0 Å². The first-order valence-electron chi connectivity index (χ1n) is 8.37. The highest BCUT2D eigenvalue weighted by atomic mass is 16.5. The SMILES string of the molecule is COc1ccc(CCC2(C)CCNCC2CC(C)C)cc1. The van der Waals surface area contributed by atoms with E-state index >= 15 is 0 Å². The molecule has 1 saturated heterocycles. The molecular formula is C19H31NO. The zero-order valence-electron chi connectivity index (χ0n) is 14.1. The lowest BCUT2D eigenvalue weighted by molar-refractivity contribution is 0.0993. The molecule has 1 aliphatic heterocycles. The van der Waals surface area contributed by atoms with Gasteiger partial charge in [-0.05, 0) is 73.7 Å². The van der Waals surface area contributed by atoms with Crippen LogP contribution >= 0.6 is 0 Å². The summed E-state index contributed by atoms with van der Waals surface area (Å²) in [6.07, 6.45) is 5.11. The Bertz CT molecular complexity index is 426. The lowest BCUT2D eigenvalue weighted by Crippen LogP contribution is -2.44. The van der Waals surface area contributed by atoms with Gasteiger partial charge in [0.15, 0.2) is 0 Å². The molecule has 2 nitrogen and oxygen atoms in total. The van der Waals surface area contributed by atoms with E-state index in [4.69, 9.17) is 4.74 Å². The molecule has 2 atom stereocenters. The predicted molar refractivity (Wildman–Crippen MR) is 89.9 cm³/mol. The maximum atomic E-state index is 5.24. The fraction of sp³-hybridized carbons (Fsp3) is 0.684. The summed E-state index contributed by atoms with van der Waals surface area (Å²) >= 11 is 0. The molecule has 0 aromatic heterocycles. The van der Waals surface area contributed by atoms with Crippen molar-refractivity contribution in [2.75, 3.05) is 20.2 Å². The highest BCUT2D eigenvalue weighted by Gasteiger charge is 2.36. The first-order chi connectivity index (χ1) is 10.0. The van der Waals surface area contributed by atoms with E-state index in [9.17, 15) is 0 Å². The molecule has 1 aliphatic rings. The maximum Gasteiger partial charge on any atom is 0.118 e. The van der Waals surface area contributed by atoms with E-state index < -0.39 is 0 Å². The van der Waals surface area contributed by atoms with Gasteiger partial charge in [-0.3, -0.25) is 0 Å². The van der Waals surface area contributed by atoms with E-state index in [-0.39, 0.29) is 0 Å². The van der Waals surface area contributed by atoms with Gasteiger partial charge in [0.05, 0.1) is 7.11 Å². The Hall–Kier alpha value is -1.02. The van der Waals surface area contributed by atoms with Crippen molar-refractivity contribution < 1.29 is 4.74 Å². The van der Waals surface area contributed by atoms with Crippen LogP contribution in [0.1, 0.15) is 45.6 Å². The lowest BCUT2D eigenvalue weighted by Gasteiger charge is -2.43. The Morgan fingerprint density at radius 3 is 2.62 bits per heavy atom. The number of piperidine rings is 1. The van der Waals surface area contributed by atoms with E-state index in [1.54, 1.807) is 7.11 Å². The highest BCUT2D eigenvalue weighted by molar-refractivity contribution is 5.27. The minimum absolute atomic E-state index is 0.482. The first-order valence-corrected chi connectivity index (χ1v) is 8.37. The van der Waals surface area contributed by atoms with Crippen LogP contribution in [0.5, 0.6) is 5.75 Å². The molecule has 2 heteroatoms. The van der Waals surface area contributed by atoms with E-state index in [0.29, 0.717) is 5.41 Å². The van der Waals surface area contributed by atoms with Crippen LogP contribution in [0.3, 0.4) is 0 Å². The van der Waals surface area contributed by atoms with Gasteiger partial charge in [-0.1, -0.05) is 32.9 Å². The number of rotatable bonds is 6. The van der Waals surface area contributed by atoms with Crippen molar-refractivity contribution in [1.82, 2.24) is 5.32 Å². The van der Waals surface area contributed by atoms with E-state index in [0.717, 1.165) is 17.6 Å². The van der Waals surface area contributed by atoms with Crippen LogP contribution in [0.4, 0.5) is 0 Å². The molecule has 0 amide bonds. The summed E-state index contributed by atoms with van der Waals surface area (Å²) < 4.78 is 5.24. The topological polar surface area (TPSA) is 21.3 Å². The van der Waals surface area contributed by atoms with Crippen molar-refractivity contribution in [2.45, 2.75) is 46.5 Å². The molecule has 1 fully saturated rings. The molecule has 0 radical (unpaired) electrons. The Labute approximate surface area is 130 Å². The van der Waals surface area contributed by atoms with Crippen molar-refractivity contribution in [3.8, 4) is 5.75 Å². The normalized spacial score (nSPS) is 26.0. The van der Waals surface area contributed by atoms with Crippen LogP contribution in [0.25, 0.3) is 0 Å². The van der Waals surface area contributed by atoms with E-state index in [2.05, 4.69) is 50.4 Å². The third-order valence-electron chi connectivity index (χ3n) is 5.15. The fourth-order valence-electron chi connectivity index (χ4n) is 3.59. The summed E-state index contributed by atoms with van der Waals surface area (Å²) in [5.41, 5.74) is 1.91. The zero-order valence-corrected chi connectivity index (χ0v) is 14.1. The van der Waals surface area contributed by atoms with Crippen LogP contribution < -0.4 is 10.1 Å². The Kier molecular flexibility index (Phi) is 5.69. The molecule has 1 N–H and O–H groups in total. The summed E-state index contributed by atoms with van der Waals surface area (Å²) in [5, 5.41) is 3.59. The largest absolute Gasteiger partial charge is 0.497 e. The molecule has 21 heavy (non-hydrogen) atoms. The molecule has 2 unspecified atom stereocenters. The van der Waals surface area contributed by atoms with Gasteiger partial charge in [-0.15, -0.1) is 0 Å². The monoisotopic (exact) mass is 289 g/mol. The summed E-state index contributed by atoms with van der Waals surface area (Å²) in [6, 6.07) is 8.57. The highest BCUT2D eigenvalue weighted by Crippen LogP contribution is 2.41. The standard InChI is InChI=1S/C19H31NO/c1-15(2)13-17-14-20-12-11-19(17,3)10-9-16-5-7-18(21-4)8-6-16/h5-8,15,17,20H,9-14H2,1-4H3. The van der Waals surface area contributed by atoms with Gasteiger partial charge in [0.2, 0.25) is 0 Å². The van der Waals surface area contributed by atoms with Crippen molar-refractivity contribution in [3.63, 3.8) is 0 Å². The molecule has 1 aromatic rings. The second-order valence-electron chi connectivity index (χ2n) is 7.28. The number of hydrogen-bond donors (Lipinski definition) is 1. The molecule has 2 rings (SSSR count). The summed E-state index contributed by atoms with van der Waals surface area (Å²) in [6.45, 7) is 9.56. The number of methoxy groups -OCH3 is 1. The molecule has 0 spiro atoms. The number of hydrogen-bond acceptors (Lipinski definition) is 2. The second-order valence-corrected chi connectivity index (χ2v) is 7.28. The van der Waals surface area contributed by atoms with Crippen molar-refractivity contribution in [2.24, 2.45) is 17.3 Å². The summed E-state index contributed by atoms with van der Waals surface area (Å²) in [4.78, 5) is 0. The smallest absolute Gasteiger partial charge is 0.118 e. The van der Waals surface area contributed by atoms with Crippen molar-refractivity contribution >= 4 is 0 Å². The number of ether oxygens (including phenoxy) is 1. The minimum Gasteiger partial charge on any atom is -0.497 e. The van der Waals surface area contributed by atoms with E-state index in [1.807, 2.05) is 0 Å². The fourth-order valence-corrected chi connectivity index (χ4v) is 3.59. The van der Waals surface area contributed by atoms with Gasteiger partial charge in [-0.2, -0.15) is 0 Å². The molecule has 1 heterocycles. The number of nitrogens with one attached hydrogen (secondary N) is 1. The first kappa shape index (κ1) is 16.4. The quantitative estimate of drug-likeness (QED) is 0.843. The predicted octanol–water partition coefficient (Wildman–Crippen LogP) is 4.29. The van der Waals surface area contributed by atoms with Gasteiger partial charge in [0, 0.05) is 0 Å². The third-order valence-corrected chi connectivity index (χ3v) is 5.15. The zero-order chi connectivity index (χ0) is 15.3. The molecular weight excluding hydrogens is 258 g/mol. The van der Waals surface area contributed by atoms with Crippen LogP contribution in [0.2, 0.25) is 0 Å². The Balaban J connectivity index is 1.97. The van der Waals surface area contributed by atoms with Gasteiger partial charge < -0.3 is 10.1 Å². The maximum absolute atomic E-state index is 5.24. The lowest BCUT2D eigenvalue weighted by atomic mass is 9.66. The van der Waals surface area contributed by atoms with Crippen molar-refractivity contribution in [3.05, 3.63) is 29.8 Å². The van der Waals surface area contributed by atoms with Gasteiger partial charge in [0.1, 0.15) is 5.75 Å². The third kappa shape index (κ3) is 4.47. The van der Waals surface area contributed by atoms with Crippen molar-refractivity contribution in [1.29, 1.82) is 0 Å². The molecule has 118 valence electrons. The average molecular weight is 289 g/mol. The van der Waals surface area contributed by atoms with Crippen LogP contribution in [-0.2, 0) is 6.42 Å². The average Bonchev–Trinajstić information content (AvgIpc) is 2.48. The van der Waals surface area contributed by atoms with E-state index in [1.165, 1.54) is 44.3 Å². The molecule has 0 saturated carbocycles. The minimum atomic E-state index is 0.482. The van der Waals surface area contributed by atoms with Crippen LogP contribution in [0, 0.1) is 17.3 Å². The van der Waals surface area contributed by atoms with Gasteiger partial charge in [-0.25, -0.2) is 0 Å². The van der Waals surface area contributed by atoms with Gasteiger partial charge >= 0.3 is 0 Å². The molecule has 0 aliphatic carbocycles.